The molecule has 0 bridgehead atoms. The Morgan fingerprint density at radius 3 is 2.89 bits per heavy atom. The minimum atomic E-state index is -0.146. The average molecular weight is 264 g/mol. The van der Waals surface area contributed by atoms with Crippen LogP contribution in [-0.2, 0) is 11.3 Å². The molecule has 5 nitrogen and oxygen atoms in total. The standard InChI is InChI=1S/C12H16N4OS/c1-8(7-16-10(3)6-9(2)15-16)11(17)14-12-13-4-5-18-12/h4-6,8H,7H2,1-3H3,(H,13,14,17)/t8-/m1/s1. The van der Waals surface area contributed by atoms with Crippen molar-refractivity contribution in [2.24, 2.45) is 5.92 Å². The quantitative estimate of drug-likeness (QED) is 0.921. The first kappa shape index (κ1) is 12.8. The molecule has 0 aliphatic carbocycles. The van der Waals surface area contributed by atoms with Crippen LogP contribution in [0.15, 0.2) is 17.6 Å². The highest BCUT2D eigenvalue weighted by Crippen LogP contribution is 2.13. The smallest absolute Gasteiger partial charge is 0.230 e. The molecule has 0 radical (unpaired) electrons. The highest BCUT2D eigenvalue weighted by Gasteiger charge is 2.16. The second-order valence-corrected chi connectivity index (χ2v) is 5.23. The molecule has 0 unspecified atom stereocenters. The molecular formula is C12H16N4OS. The van der Waals surface area contributed by atoms with E-state index in [0.29, 0.717) is 11.7 Å². The largest absolute Gasteiger partial charge is 0.302 e. The SMILES string of the molecule is Cc1cc(C)n(C[C@@H](C)C(=O)Nc2nccs2)n1. The maximum absolute atomic E-state index is 11.9. The molecule has 2 aromatic rings. The molecule has 18 heavy (non-hydrogen) atoms. The lowest BCUT2D eigenvalue weighted by atomic mass is 10.1. The molecule has 1 N–H and O–H groups in total. The lowest BCUT2D eigenvalue weighted by Gasteiger charge is -2.12. The van der Waals surface area contributed by atoms with E-state index in [4.69, 9.17) is 0 Å². The number of carbonyl (C=O) groups excluding carboxylic acids is 1. The fourth-order valence-corrected chi connectivity index (χ4v) is 2.25. The van der Waals surface area contributed by atoms with Gasteiger partial charge in [-0.3, -0.25) is 9.48 Å². The van der Waals surface area contributed by atoms with E-state index < -0.39 is 0 Å². The van der Waals surface area contributed by atoms with Gasteiger partial charge in [0.1, 0.15) is 0 Å². The van der Waals surface area contributed by atoms with E-state index >= 15 is 0 Å². The molecule has 6 heteroatoms. The number of aromatic nitrogens is 3. The fourth-order valence-electron chi connectivity index (χ4n) is 1.72. The van der Waals surface area contributed by atoms with Crippen molar-refractivity contribution >= 4 is 22.4 Å². The monoisotopic (exact) mass is 264 g/mol. The molecule has 0 saturated heterocycles. The first-order chi connectivity index (χ1) is 8.56. The van der Waals surface area contributed by atoms with Crippen molar-refractivity contribution in [3.63, 3.8) is 0 Å². The highest BCUT2D eigenvalue weighted by molar-refractivity contribution is 7.13. The van der Waals surface area contributed by atoms with Crippen molar-refractivity contribution < 1.29 is 4.79 Å². The van der Waals surface area contributed by atoms with Crippen LogP contribution in [0, 0.1) is 19.8 Å². The molecule has 96 valence electrons. The number of rotatable bonds is 4. The summed E-state index contributed by atoms with van der Waals surface area (Å²) >= 11 is 1.42. The Morgan fingerprint density at radius 2 is 2.33 bits per heavy atom. The zero-order valence-electron chi connectivity index (χ0n) is 10.7. The lowest BCUT2D eigenvalue weighted by molar-refractivity contribution is -0.119. The van der Waals surface area contributed by atoms with Crippen molar-refractivity contribution in [2.45, 2.75) is 27.3 Å². The number of aryl methyl sites for hydroxylation is 2. The predicted molar refractivity (Wildman–Crippen MR) is 71.6 cm³/mol. The average Bonchev–Trinajstić information content (AvgIpc) is 2.89. The Kier molecular flexibility index (Phi) is 3.76. The molecule has 2 aromatic heterocycles. The molecule has 1 amide bonds. The van der Waals surface area contributed by atoms with Crippen LogP contribution in [0.2, 0.25) is 0 Å². The minimum Gasteiger partial charge on any atom is -0.302 e. The van der Waals surface area contributed by atoms with Crippen LogP contribution in [0.1, 0.15) is 18.3 Å². The Balaban J connectivity index is 1.97. The second-order valence-electron chi connectivity index (χ2n) is 4.34. The van der Waals surface area contributed by atoms with E-state index in [1.165, 1.54) is 11.3 Å². The first-order valence-electron chi connectivity index (χ1n) is 5.77. The summed E-state index contributed by atoms with van der Waals surface area (Å²) in [5.74, 6) is -0.176. The maximum Gasteiger partial charge on any atom is 0.230 e. The van der Waals surface area contributed by atoms with Crippen LogP contribution in [0.3, 0.4) is 0 Å². The zero-order valence-corrected chi connectivity index (χ0v) is 11.5. The molecular weight excluding hydrogens is 248 g/mol. The van der Waals surface area contributed by atoms with Gasteiger partial charge in [0.2, 0.25) is 5.91 Å². The Labute approximate surface area is 110 Å². The Bertz CT molecular complexity index is 532. The second kappa shape index (κ2) is 5.30. The molecule has 0 aliphatic rings. The van der Waals surface area contributed by atoms with Crippen LogP contribution in [0.25, 0.3) is 0 Å². The summed E-state index contributed by atoms with van der Waals surface area (Å²) in [5, 5.41) is 9.62. The minimum absolute atomic E-state index is 0.0301. The van der Waals surface area contributed by atoms with Gasteiger partial charge in [0.25, 0.3) is 0 Å². The van der Waals surface area contributed by atoms with Gasteiger partial charge in [0.15, 0.2) is 5.13 Å². The van der Waals surface area contributed by atoms with Crippen molar-refractivity contribution in [1.29, 1.82) is 0 Å². The third kappa shape index (κ3) is 2.95. The van der Waals surface area contributed by atoms with E-state index in [-0.39, 0.29) is 11.8 Å². The summed E-state index contributed by atoms with van der Waals surface area (Å²) in [6.07, 6.45) is 1.67. The van der Waals surface area contributed by atoms with Crippen LogP contribution in [0.5, 0.6) is 0 Å². The van der Waals surface area contributed by atoms with E-state index in [1.54, 1.807) is 6.20 Å². The number of anilines is 1. The maximum atomic E-state index is 11.9. The fraction of sp³-hybridized carbons (Fsp3) is 0.417. The molecule has 0 aromatic carbocycles. The number of hydrogen-bond donors (Lipinski definition) is 1. The van der Waals surface area contributed by atoms with E-state index in [0.717, 1.165) is 11.4 Å². The van der Waals surface area contributed by atoms with E-state index in [9.17, 15) is 4.79 Å². The van der Waals surface area contributed by atoms with Crippen LogP contribution in [-0.4, -0.2) is 20.7 Å². The molecule has 0 saturated carbocycles. The summed E-state index contributed by atoms with van der Waals surface area (Å²) < 4.78 is 1.86. The first-order valence-corrected chi connectivity index (χ1v) is 6.65. The predicted octanol–water partition coefficient (Wildman–Crippen LogP) is 2.23. The summed E-state index contributed by atoms with van der Waals surface area (Å²) in [6, 6.07) is 2.01. The molecule has 2 heterocycles. The van der Waals surface area contributed by atoms with Crippen molar-refractivity contribution in [1.82, 2.24) is 14.8 Å². The van der Waals surface area contributed by atoms with Gasteiger partial charge in [0, 0.05) is 17.3 Å². The number of amides is 1. The van der Waals surface area contributed by atoms with E-state index in [1.807, 2.05) is 36.9 Å². The Hall–Kier alpha value is -1.69. The van der Waals surface area contributed by atoms with Gasteiger partial charge >= 0.3 is 0 Å². The number of carbonyl (C=O) groups is 1. The summed E-state index contributed by atoms with van der Waals surface area (Å²) in [7, 11) is 0. The molecule has 0 spiro atoms. The van der Waals surface area contributed by atoms with Gasteiger partial charge in [0.05, 0.1) is 18.2 Å². The number of hydrogen-bond acceptors (Lipinski definition) is 4. The highest BCUT2D eigenvalue weighted by atomic mass is 32.1. The molecule has 2 rings (SSSR count). The van der Waals surface area contributed by atoms with Gasteiger partial charge < -0.3 is 5.32 Å². The van der Waals surface area contributed by atoms with Crippen LogP contribution in [0.4, 0.5) is 5.13 Å². The summed E-state index contributed by atoms with van der Waals surface area (Å²) in [5.41, 5.74) is 2.04. The third-order valence-electron chi connectivity index (χ3n) is 2.66. The van der Waals surface area contributed by atoms with Crippen LogP contribution >= 0.6 is 11.3 Å². The van der Waals surface area contributed by atoms with Gasteiger partial charge in [-0.1, -0.05) is 6.92 Å². The number of nitrogens with zero attached hydrogens (tertiary/aromatic N) is 3. The van der Waals surface area contributed by atoms with E-state index in [2.05, 4.69) is 15.4 Å². The lowest BCUT2D eigenvalue weighted by Crippen LogP contribution is -2.25. The van der Waals surface area contributed by atoms with Crippen LogP contribution < -0.4 is 5.32 Å². The van der Waals surface area contributed by atoms with Gasteiger partial charge in [-0.05, 0) is 19.9 Å². The van der Waals surface area contributed by atoms with Crippen molar-refractivity contribution in [3.8, 4) is 0 Å². The molecule has 0 aliphatic heterocycles. The topological polar surface area (TPSA) is 59.8 Å². The number of nitrogens with one attached hydrogen (secondary N) is 1. The van der Waals surface area contributed by atoms with Crippen molar-refractivity contribution in [2.75, 3.05) is 5.32 Å². The molecule has 0 fully saturated rings. The molecule has 1 atom stereocenters. The summed E-state index contributed by atoms with van der Waals surface area (Å²) in [6.45, 7) is 6.41. The van der Waals surface area contributed by atoms with Gasteiger partial charge in [-0.2, -0.15) is 5.10 Å². The van der Waals surface area contributed by atoms with Crippen molar-refractivity contribution in [3.05, 3.63) is 29.0 Å². The normalized spacial score (nSPS) is 12.4. The van der Waals surface area contributed by atoms with Gasteiger partial charge in [-0.25, -0.2) is 4.98 Å². The number of thiazole rings is 1. The zero-order chi connectivity index (χ0) is 13.1. The third-order valence-corrected chi connectivity index (χ3v) is 3.35. The Morgan fingerprint density at radius 1 is 1.56 bits per heavy atom. The van der Waals surface area contributed by atoms with Gasteiger partial charge in [-0.15, -0.1) is 11.3 Å². The summed E-state index contributed by atoms with van der Waals surface area (Å²) in [4.78, 5) is 16.0.